The lowest BCUT2D eigenvalue weighted by Crippen LogP contribution is -2.11. The van der Waals surface area contributed by atoms with Gasteiger partial charge in [0.2, 0.25) is 0 Å². The van der Waals surface area contributed by atoms with E-state index in [9.17, 15) is 0 Å². The highest BCUT2D eigenvalue weighted by atomic mass is 16.5. The molecule has 1 nitrogen and oxygen atoms in total. The van der Waals surface area contributed by atoms with Crippen LogP contribution in [0, 0.1) is 5.92 Å². The van der Waals surface area contributed by atoms with E-state index in [0.717, 1.165) is 25.0 Å². The van der Waals surface area contributed by atoms with Gasteiger partial charge in [0.15, 0.2) is 0 Å². The molecule has 128 valence electrons. The summed E-state index contributed by atoms with van der Waals surface area (Å²) in [7, 11) is 0. The Kier molecular flexibility index (Phi) is 8.46. The average Bonchev–Trinajstić information content (AvgIpc) is 2.61. The molecule has 1 aliphatic rings. The van der Waals surface area contributed by atoms with Crippen molar-refractivity contribution < 1.29 is 4.74 Å². The third-order valence-corrected chi connectivity index (χ3v) is 5.03. The van der Waals surface area contributed by atoms with Crippen molar-refractivity contribution in [3.63, 3.8) is 0 Å². The van der Waals surface area contributed by atoms with Crippen LogP contribution in [0.1, 0.15) is 82.3 Å². The summed E-state index contributed by atoms with van der Waals surface area (Å²) < 4.78 is 5.75. The summed E-state index contributed by atoms with van der Waals surface area (Å²) in [4.78, 5) is 0. The highest BCUT2D eigenvalue weighted by Gasteiger charge is 2.20. The lowest BCUT2D eigenvalue weighted by Gasteiger charge is -2.27. The van der Waals surface area contributed by atoms with Crippen LogP contribution in [0.15, 0.2) is 36.4 Å². The van der Waals surface area contributed by atoms with Crippen LogP contribution >= 0.6 is 0 Å². The van der Waals surface area contributed by atoms with Crippen molar-refractivity contribution in [3.8, 4) is 0 Å². The third kappa shape index (κ3) is 6.51. The van der Waals surface area contributed by atoms with Crippen LogP contribution in [0.2, 0.25) is 0 Å². The SMILES string of the molecule is CC/C=C/C1CCC(c2ccc(COCCCCC)cc2)CC1. The van der Waals surface area contributed by atoms with E-state index >= 15 is 0 Å². The zero-order valence-corrected chi connectivity index (χ0v) is 15.1. The van der Waals surface area contributed by atoms with Crippen LogP contribution < -0.4 is 0 Å². The van der Waals surface area contributed by atoms with E-state index < -0.39 is 0 Å². The maximum atomic E-state index is 5.75. The molecule has 0 amide bonds. The number of allylic oxidation sites excluding steroid dienone is 2. The minimum Gasteiger partial charge on any atom is -0.377 e. The topological polar surface area (TPSA) is 9.23 Å². The zero-order valence-electron chi connectivity index (χ0n) is 15.1. The molecule has 0 aromatic heterocycles. The molecule has 1 aliphatic carbocycles. The quantitative estimate of drug-likeness (QED) is 0.367. The highest BCUT2D eigenvalue weighted by Crippen LogP contribution is 2.36. The van der Waals surface area contributed by atoms with Crippen molar-refractivity contribution >= 4 is 0 Å². The van der Waals surface area contributed by atoms with Crippen LogP contribution in [0.3, 0.4) is 0 Å². The summed E-state index contributed by atoms with van der Waals surface area (Å²) in [6.45, 7) is 6.10. The number of rotatable bonds is 9. The Hall–Kier alpha value is -1.08. The summed E-state index contributed by atoms with van der Waals surface area (Å²) in [6.07, 6.45) is 15.0. The number of hydrogen-bond donors (Lipinski definition) is 0. The van der Waals surface area contributed by atoms with Gasteiger partial charge < -0.3 is 4.74 Å². The second-order valence-corrected chi connectivity index (χ2v) is 6.95. The number of ether oxygens (including phenoxy) is 1. The fraction of sp³-hybridized carbons (Fsp3) is 0.636. The van der Waals surface area contributed by atoms with Crippen LogP contribution in [-0.4, -0.2) is 6.61 Å². The first-order chi connectivity index (χ1) is 11.3. The number of benzene rings is 1. The van der Waals surface area contributed by atoms with Crippen LogP contribution in [0.4, 0.5) is 0 Å². The van der Waals surface area contributed by atoms with Crippen LogP contribution in [-0.2, 0) is 11.3 Å². The molecule has 1 aromatic rings. The van der Waals surface area contributed by atoms with Gasteiger partial charge in [-0.3, -0.25) is 0 Å². The monoisotopic (exact) mass is 314 g/mol. The minimum absolute atomic E-state index is 0.762. The Balaban J connectivity index is 1.73. The zero-order chi connectivity index (χ0) is 16.3. The second kappa shape index (κ2) is 10.6. The van der Waals surface area contributed by atoms with E-state index in [4.69, 9.17) is 4.74 Å². The Morgan fingerprint density at radius 3 is 2.39 bits per heavy atom. The lowest BCUT2D eigenvalue weighted by atomic mass is 9.78. The van der Waals surface area contributed by atoms with E-state index in [-0.39, 0.29) is 0 Å². The molecular weight excluding hydrogens is 280 g/mol. The highest BCUT2D eigenvalue weighted by molar-refractivity contribution is 5.25. The molecule has 0 atom stereocenters. The summed E-state index contributed by atoms with van der Waals surface area (Å²) in [5, 5.41) is 0. The average molecular weight is 315 g/mol. The molecule has 1 heteroatoms. The second-order valence-electron chi connectivity index (χ2n) is 6.95. The van der Waals surface area contributed by atoms with Crippen molar-refractivity contribution in [2.24, 2.45) is 5.92 Å². The molecule has 1 saturated carbocycles. The van der Waals surface area contributed by atoms with Gasteiger partial charge in [-0.05, 0) is 61.5 Å². The van der Waals surface area contributed by atoms with E-state index in [1.54, 1.807) is 0 Å². The van der Waals surface area contributed by atoms with Crippen molar-refractivity contribution in [1.82, 2.24) is 0 Å². The van der Waals surface area contributed by atoms with E-state index in [1.165, 1.54) is 62.5 Å². The normalized spacial score (nSPS) is 21.8. The third-order valence-electron chi connectivity index (χ3n) is 5.03. The van der Waals surface area contributed by atoms with Gasteiger partial charge in [0.25, 0.3) is 0 Å². The van der Waals surface area contributed by atoms with Gasteiger partial charge in [-0.15, -0.1) is 0 Å². The van der Waals surface area contributed by atoms with Gasteiger partial charge in [0, 0.05) is 6.61 Å². The smallest absolute Gasteiger partial charge is 0.0716 e. The molecule has 0 unspecified atom stereocenters. The lowest BCUT2D eigenvalue weighted by molar-refractivity contribution is 0.117. The molecular formula is C22H34O. The van der Waals surface area contributed by atoms with Gasteiger partial charge >= 0.3 is 0 Å². The maximum absolute atomic E-state index is 5.75. The molecule has 0 aliphatic heterocycles. The molecule has 0 heterocycles. The fourth-order valence-corrected chi connectivity index (χ4v) is 3.50. The molecule has 0 N–H and O–H groups in total. The van der Waals surface area contributed by atoms with Crippen molar-refractivity contribution in [2.75, 3.05) is 6.61 Å². The molecule has 0 bridgehead atoms. The number of hydrogen-bond acceptors (Lipinski definition) is 1. The van der Waals surface area contributed by atoms with Gasteiger partial charge in [-0.1, -0.05) is 63.1 Å². The first-order valence-corrected chi connectivity index (χ1v) is 9.66. The molecule has 23 heavy (non-hydrogen) atoms. The van der Waals surface area contributed by atoms with Crippen molar-refractivity contribution in [3.05, 3.63) is 47.5 Å². The molecule has 1 aromatic carbocycles. The Bertz CT molecular complexity index is 438. The standard InChI is InChI=1S/C22H34O/c1-3-5-7-17-23-18-20-11-15-22(16-12-20)21-13-9-19(10-14-21)8-6-4-2/h6,8,11-12,15-16,19,21H,3-5,7,9-10,13-14,17-18H2,1-2H3/b8-6+. The number of unbranched alkanes of at least 4 members (excludes halogenated alkanes) is 2. The molecule has 0 radical (unpaired) electrons. The summed E-state index contributed by atoms with van der Waals surface area (Å²) in [5.74, 6) is 1.59. The van der Waals surface area contributed by atoms with Crippen LogP contribution in [0.5, 0.6) is 0 Å². The summed E-state index contributed by atoms with van der Waals surface area (Å²) in [5.41, 5.74) is 2.84. The van der Waals surface area contributed by atoms with Crippen molar-refractivity contribution in [1.29, 1.82) is 0 Å². The Morgan fingerprint density at radius 1 is 1.00 bits per heavy atom. The van der Waals surface area contributed by atoms with E-state index in [2.05, 4.69) is 50.3 Å². The minimum atomic E-state index is 0.762. The first-order valence-electron chi connectivity index (χ1n) is 9.66. The summed E-state index contributed by atoms with van der Waals surface area (Å²) in [6, 6.07) is 9.19. The molecule has 1 fully saturated rings. The predicted octanol–water partition coefficient (Wildman–Crippen LogP) is 6.63. The van der Waals surface area contributed by atoms with Crippen LogP contribution in [0.25, 0.3) is 0 Å². The fourth-order valence-electron chi connectivity index (χ4n) is 3.50. The molecule has 0 spiro atoms. The van der Waals surface area contributed by atoms with Gasteiger partial charge in [0.05, 0.1) is 6.61 Å². The first kappa shape index (κ1) is 18.3. The molecule has 0 saturated heterocycles. The van der Waals surface area contributed by atoms with E-state index in [1.807, 2.05) is 0 Å². The Morgan fingerprint density at radius 2 is 1.74 bits per heavy atom. The van der Waals surface area contributed by atoms with Gasteiger partial charge in [-0.25, -0.2) is 0 Å². The molecule has 2 rings (SSSR count). The van der Waals surface area contributed by atoms with E-state index in [0.29, 0.717) is 0 Å². The predicted molar refractivity (Wildman–Crippen MR) is 99.8 cm³/mol. The summed E-state index contributed by atoms with van der Waals surface area (Å²) >= 11 is 0. The van der Waals surface area contributed by atoms with Gasteiger partial charge in [0.1, 0.15) is 0 Å². The largest absolute Gasteiger partial charge is 0.377 e. The van der Waals surface area contributed by atoms with Gasteiger partial charge in [-0.2, -0.15) is 0 Å². The van der Waals surface area contributed by atoms with Crippen molar-refractivity contribution in [2.45, 2.75) is 77.7 Å². The Labute approximate surface area is 143 Å². The maximum Gasteiger partial charge on any atom is 0.0716 e.